The maximum atomic E-state index is 12.5. The number of carbonyl (C=O) groups is 1. The van der Waals surface area contributed by atoms with Crippen molar-refractivity contribution in [2.45, 2.75) is 13.5 Å². The Morgan fingerprint density at radius 3 is 2.54 bits per heavy atom. The van der Waals surface area contributed by atoms with Gasteiger partial charge < -0.3 is 9.13 Å². The quantitative estimate of drug-likeness (QED) is 0.681. The number of hydrogen-bond acceptors (Lipinski definition) is 2. The number of imidazole rings is 1. The van der Waals surface area contributed by atoms with Crippen LogP contribution in [0.2, 0.25) is 0 Å². The molecule has 0 spiro atoms. The van der Waals surface area contributed by atoms with Crippen molar-refractivity contribution in [3.63, 3.8) is 0 Å². The first kappa shape index (κ1) is 16.5. The minimum absolute atomic E-state index is 0.0177. The van der Waals surface area contributed by atoms with E-state index in [2.05, 4.69) is 15.9 Å². The second kappa shape index (κ2) is 6.61. The predicted molar refractivity (Wildman–Crippen MR) is 97.9 cm³/mol. The molecule has 1 aromatic heterocycles. The number of carbonyl (C=O) groups excluding carboxylic acids is 1. The van der Waals surface area contributed by atoms with Crippen LogP contribution in [-0.2, 0) is 13.6 Å². The van der Waals surface area contributed by atoms with Crippen LogP contribution < -0.4 is 5.62 Å². The van der Waals surface area contributed by atoms with Crippen LogP contribution in [0.25, 0.3) is 11.3 Å². The number of nitrogens with one attached hydrogen (secondary N) is 1. The van der Waals surface area contributed by atoms with E-state index in [1.165, 1.54) is 5.56 Å². The Morgan fingerprint density at radius 2 is 1.88 bits per heavy atom. The zero-order valence-corrected chi connectivity index (χ0v) is 15.2. The maximum absolute atomic E-state index is 12.5. The summed E-state index contributed by atoms with van der Waals surface area (Å²) in [6.45, 7) is 2.19. The van der Waals surface area contributed by atoms with Crippen molar-refractivity contribution in [3.05, 3.63) is 75.9 Å². The van der Waals surface area contributed by atoms with Gasteiger partial charge in [0.2, 0.25) is 5.62 Å². The number of nitrogens with zero attached hydrogens (tertiary/aromatic N) is 2. The molecular weight excluding hydrogens is 366 g/mol. The second-order valence-corrected chi connectivity index (χ2v) is 6.74. The lowest BCUT2D eigenvalue weighted by Crippen LogP contribution is -2.25. The smallest absolute Gasteiger partial charge is 0.202 e. The van der Waals surface area contributed by atoms with E-state index >= 15 is 0 Å². The number of benzene rings is 2. The molecule has 0 saturated heterocycles. The molecule has 0 unspecified atom stereocenters. The third-order valence-electron chi connectivity index (χ3n) is 4.04. The summed E-state index contributed by atoms with van der Waals surface area (Å²) in [5.41, 5.74) is 4.08. The van der Waals surface area contributed by atoms with Gasteiger partial charge in [-0.1, -0.05) is 57.9 Å². The summed E-state index contributed by atoms with van der Waals surface area (Å²) in [4.78, 5) is 12.5. The Hall–Kier alpha value is -2.40. The highest BCUT2D eigenvalue weighted by molar-refractivity contribution is 9.10. The number of Topliss-reactive ketones (excluding diaryl/α,β-unsaturated/α-hetero) is 1. The number of hydrogen-bond donors (Lipinski definition) is 1. The largest absolute Gasteiger partial charge is 0.314 e. The summed E-state index contributed by atoms with van der Waals surface area (Å²) in [7, 11) is 1.84. The highest BCUT2D eigenvalue weighted by Crippen LogP contribution is 2.18. The number of aromatic nitrogens is 2. The van der Waals surface area contributed by atoms with Crippen LogP contribution >= 0.6 is 15.9 Å². The summed E-state index contributed by atoms with van der Waals surface area (Å²) < 4.78 is 4.34. The molecule has 0 aliphatic rings. The predicted octanol–water partition coefficient (Wildman–Crippen LogP) is 3.93. The molecule has 4 nitrogen and oxygen atoms in total. The zero-order chi connectivity index (χ0) is 17.3. The molecule has 0 atom stereocenters. The van der Waals surface area contributed by atoms with Crippen molar-refractivity contribution in [2.75, 3.05) is 0 Å². The van der Waals surface area contributed by atoms with Gasteiger partial charge in [-0.3, -0.25) is 10.2 Å². The minimum Gasteiger partial charge on any atom is -0.314 e. The van der Waals surface area contributed by atoms with E-state index in [0.29, 0.717) is 11.2 Å². The van der Waals surface area contributed by atoms with Gasteiger partial charge in [0.1, 0.15) is 0 Å². The molecule has 0 saturated carbocycles. The average molecular weight is 384 g/mol. The van der Waals surface area contributed by atoms with Crippen molar-refractivity contribution in [1.82, 2.24) is 9.13 Å². The van der Waals surface area contributed by atoms with E-state index in [9.17, 15) is 4.79 Å². The molecule has 0 aliphatic carbocycles. The molecule has 3 rings (SSSR count). The SMILES string of the molecule is Cc1ccc(-c2cn(CC(=O)c3cccc(Br)c3)c(=N)n2C)cc1. The Kier molecular flexibility index (Phi) is 4.53. The third-order valence-corrected chi connectivity index (χ3v) is 4.53. The lowest BCUT2D eigenvalue weighted by molar-refractivity contribution is 0.0970. The van der Waals surface area contributed by atoms with Crippen LogP contribution in [0.5, 0.6) is 0 Å². The lowest BCUT2D eigenvalue weighted by atomic mass is 10.1. The Balaban J connectivity index is 1.92. The summed E-state index contributed by atoms with van der Waals surface area (Å²) in [5.74, 6) is -0.0177. The molecule has 24 heavy (non-hydrogen) atoms. The van der Waals surface area contributed by atoms with E-state index in [1.54, 1.807) is 21.3 Å². The molecule has 5 heteroatoms. The van der Waals surface area contributed by atoms with Gasteiger partial charge in [0, 0.05) is 23.3 Å². The van der Waals surface area contributed by atoms with E-state index in [0.717, 1.165) is 15.7 Å². The topological polar surface area (TPSA) is 50.8 Å². The average Bonchev–Trinajstić information content (AvgIpc) is 2.84. The van der Waals surface area contributed by atoms with Crippen molar-refractivity contribution in [3.8, 4) is 11.3 Å². The van der Waals surface area contributed by atoms with Gasteiger partial charge in [-0.2, -0.15) is 0 Å². The van der Waals surface area contributed by atoms with Gasteiger partial charge in [0.25, 0.3) is 0 Å². The van der Waals surface area contributed by atoms with Crippen LogP contribution in [0.15, 0.2) is 59.2 Å². The van der Waals surface area contributed by atoms with Gasteiger partial charge in [-0.15, -0.1) is 0 Å². The van der Waals surface area contributed by atoms with Gasteiger partial charge in [0.15, 0.2) is 5.78 Å². The molecule has 0 radical (unpaired) electrons. The van der Waals surface area contributed by atoms with Crippen LogP contribution in [0, 0.1) is 12.3 Å². The Morgan fingerprint density at radius 1 is 1.17 bits per heavy atom. The highest BCUT2D eigenvalue weighted by atomic mass is 79.9. The van der Waals surface area contributed by atoms with Crippen molar-refractivity contribution >= 4 is 21.7 Å². The third kappa shape index (κ3) is 3.26. The second-order valence-electron chi connectivity index (χ2n) is 5.82. The first-order valence-electron chi connectivity index (χ1n) is 7.62. The molecule has 0 fully saturated rings. The number of ketones is 1. The normalized spacial score (nSPS) is 10.8. The van der Waals surface area contributed by atoms with Gasteiger partial charge in [-0.25, -0.2) is 0 Å². The first-order chi connectivity index (χ1) is 11.5. The van der Waals surface area contributed by atoms with Crippen LogP contribution in [0.1, 0.15) is 15.9 Å². The van der Waals surface area contributed by atoms with E-state index in [4.69, 9.17) is 5.41 Å². The number of rotatable bonds is 4. The molecule has 1 heterocycles. The van der Waals surface area contributed by atoms with Gasteiger partial charge in [0.05, 0.1) is 12.2 Å². The van der Waals surface area contributed by atoms with Crippen LogP contribution in [-0.4, -0.2) is 14.9 Å². The minimum atomic E-state index is -0.0177. The van der Waals surface area contributed by atoms with E-state index in [1.807, 2.05) is 56.6 Å². The van der Waals surface area contributed by atoms with Crippen LogP contribution in [0.4, 0.5) is 0 Å². The zero-order valence-electron chi connectivity index (χ0n) is 13.6. The van der Waals surface area contributed by atoms with Crippen molar-refractivity contribution < 1.29 is 4.79 Å². The summed E-state index contributed by atoms with van der Waals surface area (Å²) in [6, 6.07) is 15.5. The lowest BCUT2D eigenvalue weighted by Gasteiger charge is -2.03. The monoisotopic (exact) mass is 383 g/mol. The van der Waals surface area contributed by atoms with Crippen LogP contribution in [0.3, 0.4) is 0 Å². The van der Waals surface area contributed by atoms with Gasteiger partial charge >= 0.3 is 0 Å². The maximum Gasteiger partial charge on any atom is 0.202 e. The summed E-state index contributed by atoms with van der Waals surface area (Å²) in [6.07, 6.45) is 1.86. The summed E-state index contributed by atoms with van der Waals surface area (Å²) in [5, 5.41) is 8.27. The Labute approximate surface area is 149 Å². The molecular formula is C19H18BrN3O. The molecule has 0 aliphatic heterocycles. The standard InChI is InChI=1S/C19H18BrN3O/c1-13-6-8-14(9-7-13)17-11-23(19(21)22(17)2)12-18(24)15-4-3-5-16(20)10-15/h3-11,21H,12H2,1-2H3. The first-order valence-corrected chi connectivity index (χ1v) is 8.41. The fraction of sp³-hybridized carbons (Fsp3) is 0.158. The van der Waals surface area contributed by atoms with E-state index < -0.39 is 0 Å². The fourth-order valence-corrected chi connectivity index (χ4v) is 3.02. The van der Waals surface area contributed by atoms with Crippen molar-refractivity contribution in [2.24, 2.45) is 7.05 Å². The van der Waals surface area contributed by atoms with Crippen molar-refractivity contribution in [1.29, 1.82) is 5.41 Å². The molecule has 122 valence electrons. The highest BCUT2D eigenvalue weighted by Gasteiger charge is 2.12. The molecule has 2 aromatic carbocycles. The number of halogens is 1. The molecule has 1 N–H and O–H groups in total. The molecule has 0 bridgehead atoms. The van der Waals surface area contributed by atoms with E-state index in [-0.39, 0.29) is 12.3 Å². The Bertz CT molecular complexity index is 951. The molecule has 3 aromatic rings. The number of aryl methyl sites for hydroxylation is 1. The van der Waals surface area contributed by atoms with Gasteiger partial charge in [-0.05, 0) is 24.6 Å². The molecule has 0 amide bonds. The summed E-state index contributed by atoms with van der Waals surface area (Å²) >= 11 is 3.38. The fourth-order valence-electron chi connectivity index (χ4n) is 2.62.